The smallest absolute Gasteiger partial charge is 0.191 e. The molecule has 0 radical (unpaired) electrons. The van der Waals surface area contributed by atoms with Gasteiger partial charge in [0.15, 0.2) is 5.96 Å². The van der Waals surface area contributed by atoms with Gasteiger partial charge in [0, 0.05) is 31.7 Å². The summed E-state index contributed by atoms with van der Waals surface area (Å²) < 4.78 is 0. The molecular formula is C16H26ClIN4. The predicted molar refractivity (Wildman–Crippen MR) is 105 cm³/mol. The topological polar surface area (TPSA) is 39.7 Å². The number of hydrogen-bond acceptors (Lipinski definition) is 2. The zero-order valence-corrected chi connectivity index (χ0v) is 16.4. The second kappa shape index (κ2) is 10.3. The summed E-state index contributed by atoms with van der Waals surface area (Å²) in [5.41, 5.74) is 1.19. The lowest BCUT2D eigenvalue weighted by Gasteiger charge is -2.30. The van der Waals surface area contributed by atoms with Crippen molar-refractivity contribution < 1.29 is 0 Å². The molecule has 0 aliphatic carbocycles. The first-order chi connectivity index (χ1) is 10.2. The monoisotopic (exact) mass is 436 g/mol. The van der Waals surface area contributed by atoms with Crippen molar-refractivity contribution in [1.82, 2.24) is 15.5 Å². The van der Waals surface area contributed by atoms with Crippen molar-refractivity contribution in [3.05, 3.63) is 34.9 Å². The molecule has 22 heavy (non-hydrogen) atoms. The molecule has 0 amide bonds. The van der Waals surface area contributed by atoms with Crippen LogP contribution in [0.2, 0.25) is 5.02 Å². The van der Waals surface area contributed by atoms with Crippen LogP contribution in [0.4, 0.5) is 0 Å². The Morgan fingerprint density at radius 3 is 2.68 bits per heavy atom. The Labute approximate surface area is 155 Å². The molecule has 1 atom stereocenters. The quantitative estimate of drug-likeness (QED) is 0.433. The summed E-state index contributed by atoms with van der Waals surface area (Å²) in [5, 5.41) is 7.53. The highest BCUT2D eigenvalue weighted by Crippen LogP contribution is 2.13. The number of likely N-dealkylation sites (tertiary alicyclic amines) is 1. The predicted octanol–water partition coefficient (Wildman–Crippen LogP) is 2.96. The van der Waals surface area contributed by atoms with Crippen LogP contribution in [-0.4, -0.2) is 44.6 Å². The molecule has 0 spiro atoms. The van der Waals surface area contributed by atoms with E-state index in [1.807, 2.05) is 31.3 Å². The number of benzene rings is 1. The maximum absolute atomic E-state index is 5.89. The third-order valence-corrected chi connectivity index (χ3v) is 4.13. The highest BCUT2D eigenvalue weighted by molar-refractivity contribution is 14.0. The van der Waals surface area contributed by atoms with Gasteiger partial charge in [0.2, 0.25) is 0 Å². The molecule has 0 aromatic heterocycles. The number of aliphatic imine (C=N–C) groups is 1. The summed E-state index contributed by atoms with van der Waals surface area (Å²) in [5.74, 6) is 1.57. The molecule has 0 bridgehead atoms. The fourth-order valence-electron chi connectivity index (χ4n) is 2.69. The number of hydrogen-bond donors (Lipinski definition) is 2. The van der Waals surface area contributed by atoms with E-state index in [1.54, 1.807) is 0 Å². The van der Waals surface area contributed by atoms with Crippen LogP contribution in [-0.2, 0) is 6.54 Å². The first kappa shape index (κ1) is 19.5. The van der Waals surface area contributed by atoms with Crippen LogP contribution >= 0.6 is 35.6 Å². The molecular weight excluding hydrogens is 411 g/mol. The van der Waals surface area contributed by atoms with Gasteiger partial charge in [0.25, 0.3) is 0 Å². The Morgan fingerprint density at radius 1 is 1.32 bits per heavy atom. The second-order valence-corrected chi connectivity index (χ2v) is 6.14. The van der Waals surface area contributed by atoms with Gasteiger partial charge in [-0.05, 0) is 50.0 Å². The Bertz CT molecular complexity index is 464. The summed E-state index contributed by atoms with van der Waals surface area (Å²) in [4.78, 5) is 6.68. The molecule has 1 aliphatic heterocycles. The van der Waals surface area contributed by atoms with Crippen molar-refractivity contribution in [2.45, 2.75) is 19.4 Å². The standard InChI is InChI=1S/C16H25ClN4.HI/c1-18-16(19-10-13-5-7-15(17)8-6-13)20-11-14-4-3-9-21(2)12-14;/h5-8,14H,3-4,9-12H2,1-2H3,(H2,18,19,20);1H. The van der Waals surface area contributed by atoms with Crippen molar-refractivity contribution in [3.63, 3.8) is 0 Å². The summed E-state index contributed by atoms with van der Waals surface area (Å²) in [6.45, 7) is 4.12. The average Bonchev–Trinajstić information content (AvgIpc) is 2.49. The van der Waals surface area contributed by atoms with Crippen LogP contribution < -0.4 is 10.6 Å². The Kier molecular flexibility index (Phi) is 9.12. The van der Waals surface area contributed by atoms with E-state index in [1.165, 1.54) is 31.5 Å². The van der Waals surface area contributed by atoms with Gasteiger partial charge in [-0.2, -0.15) is 0 Å². The van der Waals surface area contributed by atoms with Gasteiger partial charge in [-0.25, -0.2) is 0 Å². The molecule has 1 aliphatic rings. The third kappa shape index (κ3) is 6.71. The van der Waals surface area contributed by atoms with Crippen molar-refractivity contribution in [3.8, 4) is 0 Å². The number of nitrogens with zero attached hydrogens (tertiary/aromatic N) is 2. The largest absolute Gasteiger partial charge is 0.356 e. The van der Waals surface area contributed by atoms with Crippen molar-refractivity contribution in [1.29, 1.82) is 0 Å². The van der Waals surface area contributed by atoms with Crippen LogP contribution in [0.25, 0.3) is 0 Å². The Morgan fingerprint density at radius 2 is 2.05 bits per heavy atom. The van der Waals surface area contributed by atoms with E-state index in [4.69, 9.17) is 11.6 Å². The molecule has 4 nitrogen and oxygen atoms in total. The molecule has 1 aromatic rings. The molecule has 2 rings (SSSR count). The molecule has 124 valence electrons. The maximum atomic E-state index is 5.89. The van der Waals surface area contributed by atoms with Gasteiger partial charge in [0.1, 0.15) is 0 Å². The van der Waals surface area contributed by atoms with E-state index >= 15 is 0 Å². The fraction of sp³-hybridized carbons (Fsp3) is 0.562. The highest BCUT2D eigenvalue weighted by atomic mass is 127. The van der Waals surface area contributed by atoms with Gasteiger partial charge in [-0.3, -0.25) is 4.99 Å². The Hall–Kier alpha value is -0.530. The van der Waals surface area contributed by atoms with Gasteiger partial charge in [0.05, 0.1) is 0 Å². The molecule has 0 saturated carbocycles. The minimum Gasteiger partial charge on any atom is -0.356 e. The van der Waals surface area contributed by atoms with Gasteiger partial charge < -0.3 is 15.5 Å². The van der Waals surface area contributed by atoms with E-state index in [0.717, 1.165) is 24.1 Å². The lowest BCUT2D eigenvalue weighted by atomic mass is 9.99. The minimum absolute atomic E-state index is 0. The van der Waals surface area contributed by atoms with Gasteiger partial charge in [-0.1, -0.05) is 23.7 Å². The Balaban J connectivity index is 0.00000242. The normalized spacial score (nSPS) is 19.4. The fourth-order valence-corrected chi connectivity index (χ4v) is 2.82. The van der Waals surface area contributed by atoms with Crippen molar-refractivity contribution in [2.75, 3.05) is 33.7 Å². The van der Waals surface area contributed by atoms with Crippen molar-refractivity contribution >= 4 is 41.5 Å². The molecule has 1 fully saturated rings. The summed E-state index contributed by atoms with van der Waals surface area (Å²) in [6, 6.07) is 7.87. The van der Waals surface area contributed by atoms with Crippen LogP contribution in [0.3, 0.4) is 0 Å². The lowest BCUT2D eigenvalue weighted by Crippen LogP contribution is -2.43. The molecule has 1 saturated heterocycles. The number of guanidine groups is 1. The summed E-state index contributed by atoms with van der Waals surface area (Å²) >= 11 is 5.89. The summed E-state index contributed by atoms with van der Waals surface area (Å²) in [7, 11) is 4.00. The van der Waals surface area contributed by atoms with Crippen LogP contribution in [0.1, 0.15) is 18.4 Å². The SMILES string of the molecule is CN=C(NCc1ccc(Cl)cc1)NCC1CCCN(C)C1.I. The first-order valence-electron chi connectivity index (χ1n) is 7.55. The molecule has 1 heterocycles. The second-order valence-electron chi connectivity index (χ2n) is 5.70. The van der Waals surface area contributed by atoms with E-state index < -0.39 is 0 Å². The summed E-state index contributed by atoms with van der Waals surface area (Å²) in [6.07, 6.45) is 2.59. The molecule has 1 aromatic carbocycles. The zero-order chi connectivity index (χ0) is 15.1. The van der Waals surface area contributed by atoms with E-state index in [2.05, 4.69) is 27.6 Å². The van der Waals surface area contributed by atoms with Crippen LogP contribution in [0.15, 0.2) is 29.3 Å². The van der Waals surface area contributed by atoms with Crippen molar-refractivity contribution in [2.24, 2.45) is 10.9 Å². The number of nitrogens with one attached hydrogen (secondary N) is 2. The number of rotatable bonds is 4. The van der Waals surface area contributed by atoms with Gasteiger partial charge in [-0.15, -0.1) is 24.0 Å². The minimum atomic E-state index is 0. The zero-order valence-electron chi connectivity index (χ0n) is 13.3. The van der Waals surface area contributed by atoms with E-state index in [-0.39, 0.29) is 24.0 Å². The van der Waals surface area contributed by atoms with Gasteiger partial charge >= 0.3 is 0 Å². The number of piperidine rings is 1. The average molecular weight is 437 g/mol. The molecule has 6 heteroatoms. The third-order valence-electron chi connectivity index (χ3n) is 3.88. The highest BCUT2D eigenvalue weighted by Gasteiger charge is 2.17. The number of halogens is 2. The van der Waals surface area contributed by atoms with E-state index in [0.29, 0.717) is 5.92 Å². The van der Waals surface area contributed by atoms with E-state index in [9.17, 15) is 0 Å². The maximum Gasteiger partial charge on any atom is 0.191 e. The van der Waals surface area contributed by atoms with Crippen LogP contribution in [0.5, 0.6) is 0 Å². The van der Waals surface area contributed by atoms with Crippen LogP contribution in [0, 0.1) is 5.92 Å². The first-order valence-corrected chi connectivity index (χ1v) is 7.92. The lowest BCUT2D eigenvalue weighted by molar-refractivity contribution is 0.210. The molecule has 2 N–H and O–H groups in total. The molecule has 1 unspecified atom stereocenters.